The molecule has 0 fully saturated rings. The third-order valence-corrected chi connectivity index (χ3v) is 11.9. The summed E-state index contributed by atoms with van der Waals surface area (Å²) in [6.07, 6.45) is 0. The number of fused-ring (bicyclic) bond motifs is 9. The van der Waals surface area contributed by atoms with E-state index in [1.807, 2.05) is 11.3 Å². The standard InChI is InChI=1S/C44H22S/c1-2-6-26-21-27(10-9-23(26)5-1)28-15-16-29-30-17-11-24-13-19-33-39-32-7-3-4-8-36(32)45-44(39)34-20-14-25-12-18-31(35(29)22-28)41-38(25)43(34)42(33)37(24)40(30)41/h1-22H. The van der Waals surface area contributed by atoms with Gasteiger partial charge in [0.1, 0.15) is 0 Å². The maximum Gasteiger partial charge on any atom is 0.0440 e. The lowest BCUT2D eigenvalue weighted by Crippen LogP contribution is -1.94. The van der Waals surface area contributed by atoms with Gasteiger partial charge in [0.15, 0.2) is 0 Å². The maximum absolute atomic E-state index is 2.44. The number of hydrogen-bond acceptors (Lipinski definition) is 1. The van der Waals surface area contributed by atoms with Crippen LogP contribution in [0.5, 0.6) is 0 Å². The highest BCUT2D eigenvalue weighted by molar-refractivity contribution is 7.27. The summed E-state index contributed by atoms with van der Waals surface area (Å²) in [5, 5.41) is 24.7. The Morgan fingerprint density at radius 1 is 0.289 bits per heavy atom. The molecule has 0 aliphatic heterocycles. The molecule has 0 bridgehead atoms. The van der Waals surface area contributed by atoms with Gasteiger partial charge in [-0.05, 0) is 105 Å². The van der Waals surface area contributed by atoms with Crippen molar-refractivity contribution in [1.29, 1.82) is 0 Å². The van der Waals surface area contributed by atoms with E-state index in [1.54, 1.807) is 0 Å². The van der Waals surface area contributed by atoms with Crippen LogP contribution in [0.4, 0.5) is 0 Å². The van der Waals surface area contributed by atoms with Crippen LogP contribution in [0.3, 0.4) is 0 Å². The Kier molecular flexibility index (Phi) is 3.96. The van der Waals surface area contributed by atoms with E-state index in [0.29, 0.717) is 0 Å². The molecule has 1 aromatic heterocycles. The normalized spacial score (nSPS) is 12.9. The molecule has 0 unspecified atom stereocenters. The van der Waals surface area contributed by atoms with Crippen molar-refractivity contribution in [2.75, 3.05) is 0 Å². The fourth-order valence-electron chi connectivity index (χ4n) is 8.77. The van der Waals surface area contributed by atoms with Crippen molar-refractivity contribution in [3.8, 4) is 11.1 Å². The Bertz CT molecular complexity index is 3190. The third-order valence-electron chi connectivity index (χ3n) is 10.7. The molecule has 1 heterocycles. The molecule has 0 saturated carbocycles. The summed E-state index contributed by atoms with van der Waals surface area (Å²) in [6.45, 7) is 0. The first-order valence-electron chi connectivity index (χ1n) is 15.7. The molecule has 0 spiro atoms. The first-order chi connectivity index (χ1) is 22.3. The highest BCUT2D eigenvalue weighted by Gasteiger charge is 2.25. The number of rotatable bonds is 1. The average Bonchev–Trinajstić information content (AvgIpc) is 3.50. The van der Waals surface area contributed by atoms with Crippen LogP contribution in [-0.2, 0) is 0 Å². The smallest absolute Gasteiger partial charge is 0.0440 e. The minimum Gasteiger partial charge on any atom is -0.135 e. The van der Waals surface area contributed by atoms with E-state index in [9.17, 15) is 0 Å². The monoisotopic (exact) mass is 582 g/mol. The van der Waals surface area contributed by atoms with Gasteiger partial charge >= 0.3 is 0 Å². The van der Waals surface area contributed by atoms with Gasteiger partial charge in [0, 0.05) is 30.9 Å². The van der Waals surface area contributed by atoms with E-state index in [1.165, 1.54) is 117 Å². The van der Waals surface area contributed by atoms with Crippen molar-refractivity contribution < 1.29 is 0 Å². The zero-order valence-corrected chi connectivity index (χ0v) is 24.9. The molecule has 0 aliphatic rings. The van der Waals surface area contributed by atoms with Gasteiger partial charge in [-0.1, -0.05) is 115 Å². The average molecular weight is 583 g/mol. The summed E-state index contributed by atoms with van der Waals surface area (Å²) in [7, 11) is 0. The molecule has 0 N–H and O–H groups in total. The summed E-state index contributed by atoms with van der Waals surface area (Å²) in [4.78, 5) is 0. The molecule has 204 valence electrons. The van der Waals surface area contributed by atoms with Gasteiger partial charge in [0.2, 0.25) is 0 Å². The van der Waals surface area contributed by atoms with E-state index in [2.05, 4.69) is 133 Å². The molecule has 0 nitrogen and oxygen atoms in total. The zero-order chi connectivity index (χ0) is 29.0. The van der Waals surface area contributed by atoms with Gasteiger partial charge < -0.3 is 0 Å². The Hall–Kier alpha value is -5.50. The van der Waals surface area contributed by atoms with Crippen LogP contribution in [0.1, 0.15) is 0 Å². The second-order valence-corrected chi connectivity index (χ2v) is 13.8. The summed E-state index contributed by atoms with van der Waals surface area (Å²) in [5.74, 6) is 0. The predicted octanol–water partition coefficient (Wildman–Crippen LogP) is 13.3. The first-order valence-corrected chi connectivity index (χ1v) is 16.5. The molecule has 0 atom stereocenters. The fourth-order valence-corrected chi connectivity index (χ4v) is 10.0. The highest BCUT2D eigenvalue weighted by atomic mass is 32.1. The predicted molar refractivity (Wildman–Crippen MR) is 198 cm³/mol. The van der Waals surface area contributed by atoms with Crippen molar-refractivity contribution >= 4 is 118 Å². The fraction of sp³-hybridized carbons (Fsp3) is 0. The first kappa shape index (κ1) is 23.0. The van der Waals surface area contributed by atoms with Crippen LogP contribution in [0.15, 0.2) is 133 Å². The lowest BCUT2D eigenvalue weighted by Gasteiger charge is -2.23. The van der Waals surface area contributed by atoms with Crippen LogP contribution >= 0.6 is 11.3 Å². The Balaban J connectivity index is 1.32. The molecule has 11 aromatic carbocycles. The number of hydrogen-bond donors (Lipinski definition) is 0. The molecule has 0 saturated heterocycles. The molecule has 0 amide bonds. The topological polar surface area (TPSA) is 0 Å². The van der Waals surface area contributed by atoms with E-state index in [4.69, 9.17) is 0 Å². The highest BCUT2D eigenvalue weighted by Crippen LogP contribution is 2.54. The van der Waals surface area contributed by atoms with Crippen LogP contribution in [0.25, 0.3) is 117 Å². The summed E-state index contributed by atoms with van der Waals surface area (Å²) >= 11 is 1.95. The van der Waals surface area contributed by atoms with Gasteiger partial charge in [-0.2, -0.15) is 0 Å². The van der Waals surface area contributed by atoms with Gasteiger partial charge in [0.05, 0.1) is 0 Å². The van der Waals surface area contributed by atoms with Crippen molar-refractivity contribution in [3.63, 3.8) is 0 Å². The maximum atomic E-state index is 2.44. The number of benzene rings is 11. The van der Waals surface area contributed by atoms with E-state index in [-0.39, 0.29) is 0 Å². The van der Waals surface area contributed by atoms with Gasteiger partial charge in [0.25, 0.3) is 0 Å². The SMILES string of the molecule is c1ccc2cc(-c3ccc4c(c3)c3ccc5ccc6c7sc8ccccc8c7c7ccc8ccc4c4c8c7c6c5c34)ccc2c1. The summed E-state index contributed by atoms with van der Waals surface area (Å²) in [5.41, 5.74) is 2.52. The van der Waals surface area contributed by atoms with Crippen molar-refractivity contribution in [2.45, 2.75) is 0 Å². The minimum absolute atomic E-state index is 1.26. The molecular formula is C44H22S. The van der Waals surface area contributed by atoms with E-state index in [0.717, 1.165) is 0 Å². The molecule has 1 heteroatoms. The van der Waals surface area contributed by atoms with Crippen molar-refractivity contribution in [3.05, 3.63) is 133 Å². The largest absolute Gasteiger partial charge is 0.135 e. The van der Waals surface area contributed by atoms with E-state index >= 15 is 0 Å². The Morgan fingerprint density at radius 2 is 0.844 bits per heavy atom. The molecule has 12 aromatic rings. The van der Waals surface area contributed by atoms with Crippen LogP contribution < -0.4 is 0 Å². The second-order valence-electron chi connectivity index (χ2n) is 12.8. The molecule has 0 radical (unpaired) electrons. The van der Waals surface area contributed by atoms with Gasteiger partial charge in [-0.15, -0.1) is 11.3 Å². The van der Waals surface area contributed by atoms with Gasteiger partial charge in [-0.3, -0.25) is 0 Å². The van der Waals surface area contributed by atoms with Crippen molar-refractivity contribution in [2.24, 2.45) is 0 Å². The van der Waals surface area contributed by atoms with Crippen molar-refractivity contribution in [1.82, 2.24) is 0 Å². The third kappa shape index (κ3) is 2.67. The minimum atomic E-state index is 1.26. The van der Waals surface area contributed by atoms with Gasteiger partial charge in [-0.25, -0.2) is 0 Å². The Labute approximate surface area is 261 Å². The number of thiophene rings is 1. The lowest BCUT2D eigenvalue weighted by atomic mass is 9.80. The summed E-state index contributed by atoms with van der Waals surface area (Å²) in [6, 6.07) is 50.6. The summed E-state index contributed by atoms with van der Waals surface area (Å²) < 4.78 is 2.77. The van der Waals surface area contributed by atoms with Crippen LogP contribution in [0, 0.1) is 0 Å². The van der Waals surface area contributed by atoms with E-state index < -0.39 is 0 Å². The second kappa shape index (κ2) is 7.77. The van der Waals surface area contributed by atoms with Crippen LogP contribution in [0.2, 0.25) is 0 Å². The molecule has 12 rings (SSSR count). The van der Waals surface area contributed by atoms with Crippen LogP contribution in [-0.4, -0.2) is 0 Å². The molecule has 0 aliphatic carbocycles. The molecular weight excluding hydrogens is 561 g/mol. The Morgan fingerprint density at radius 3 is 1.67 bits per heavy atom. The lowest BCUT2D eigenvalue weighted by molar-refractivity contribution is 1.69. The molecule has 45 heavy (non-hydrogen) atoms. The quantitative estimate of drug-likeness (QED) is 0.133. The zero-order valence-electron chi connectivity index (χ0n) is 24.1.